The van der Waals surface area contributed by atoms with Gasteiger partial charge in [0.25, 0.3) is 5.91 Å². The van der Waals surface area contributed by atoms with E-state index in [1.54, 1.807) is 6.20 Å². The molecule has 1 aromatic carbocycles. The number of aryl methyl sites for hydroxylation is 2. The van der Waals surface area contributed by atoms with Crippen molar-refractivity contribution in [3.05, 3.63) is 65.5 Å². The van der Waals surface area contributed by atoms with Crippen LogP contribution in [0.5, 0.6) is 0 Å². The lowest BCUT2D eigenvalue weighted by atomic mass is 10.1. The molecule has 0 N–H and O–H groups in total. The third-order valence-electron chi connectivity index (χ3n) is 4.93. The van der Waals surface area contributed by atoms with E-state index >= 15 is 0 Å². The van der Waals surface area contributed by atoms with Gasteiger partial charge in [-0.3, -0.25) is 9.78 Å². The van der Waals surface area contributed by atoms with E-state index in [9.17, 15) is 4.79 Å². The largest absolute Gasteiger partial charge is 0.353 e. The fraction of sp³-hybridized carbons (Fsp3) is 0.286. The lowest BCUT2D eigenvalue weighted by molar-refractivity contribution is 0.0745. The fourth-order valence-corrected chi connectivity index (χ4v) is 3.46. The zero-order valence-corrected chi connectivity index (χ0v) is 15.1. The summed E-state index contributed by atoms with van der Waals surface area (Å²) in [6, 6.07) is 14.0. The number of hydrogen-bond donors (Lipinski definition) is 0. The van der Waals surface area contributed by atoms with Crippen molar-refractivity contribution in [2.24, 2.45) is 0 Å². The van der Waals surface area contributed by atoms with Gasteiger partial charge in [0.2, 0.25) is 0 Å². The van der Waals surface area contributed by atoms with Gasteiger partial charge in [0.15, 0.2) is 0 Å². The standard InChI is InChI=1S/C21H22N4O/c1-15-6-7-19-17(13-15)14-18(16(2)23-19)21(26)25-11-9-24(10-12-25)20-5-3-4-8-22-20/h3-8,13-14H,9-12H2,1-2H3. The maximum absolute atomic E-state index is 13.0. The molecular weight excluding hydrogens is 324 g/mol. The molecule has 0 spiro atoms. The molecule has 1 aliphatic rings. The Labute approximate surface area is 153 Å². The molecule has 1 amide bonds. The normalized spacial score (nSPS) is 14.7. The molecule has 5 heteroatoms. The molecule has 132 valence electrons. The number of carbonyl (C=O) groups is 1. The second-order valence-electron chi connectivity index (χ2n) is 6.78. The van der Waals surface area contributed by atoms with Crippen LogP contribution in [0.15, 0.2) is 48.7 Å². The van der Waals surface area contributed by atoms with Gasteiger partial charge in [-0.1, -0.05) is 17.7 Å². The highest BCUT2D eigenvalue weighted by molar-refractivity contribution is 5.98. The highest BCUT2D eigenvalue weighted by atomic mass is 16.2. The van der Waals surface area contributed by atoms with Crippen LogP contribution in [-0.4, -0.2) is 47.0 Å². The summed E-state index contributed by atoms with van der Waals surface area (Å²) < 4.78 is 0. The van der Waals surface area contributed by atoms with Crippen LogP contribution in [-0.2, 0) is 0 Å². The quantitative estimate of drug-likeness (QED) is 0.715. The maximum atomic E-state index is 13.0. The summed E-state index contributed by atoms with van der Waals surface area (Å²) in [5.74, 6) is 1.04. The van der Waals surface area contributed by atoms with Crippen LogP contribution in [0.4, 0.5) is 5.82 Å². The monoisotopic (exact) mass is 346 g/mol. The smallest absolute Gasteiger partial charge is 0.255 e. The summed E-state index contributed by atoms with van der Waals surface area (Å²) in [5, 5.41) is 1.02. The highest BCUT2D eigenvalue weighted by Crippen LogP contribution is 2.21. The van der Waals surface area contributed by atoms with E-state index in [-0.39, 0.29) is 5.91 Å². The molecule has 4 rings (SSSR count). The minimum Gasteiger partial charge on any atom is -0.353 e. The Hall–Kier alpha value is -2.95. The Morgan fingerprint density at radius 3 is 2.54 bits per heavy atom. The van der Waals surface area contributed by atoms with Crippen molar-refractivity contribution in [2.75, 3.05) is 31.1 Å². The van der Waals surface area contributed by atoms with Crippen LogP contribution in [0.1, 0.15) is 21.6 Å². The molecule has 3 aromatic rings. The topological polar surface area (TPSA) is 49.3 Å². The van der Waals surface area contributed by atoms with Crippen LogP contribution in [0, 0.1) is 13.8 Å². The van der Waals surface area contributed by atoms with E-state index in [2.05, 4.69) is 27.9 Å². The Bertz CT molecular complexity index is 947. The van der Waals surface area contributed by atoms with Gasteiger partial charge in [0.05, 0.1) is 16.8 Å². The van der Waals surface area contributed by atoms with Crippen molar-refractivity contribution in [1.82, 2.24) is 14.9 Å². The lowest BCUT2D eigenvalue weighted by Crippen LogP contribution is -2.49. The van der Waals surface area contributed by atoms with E-state index in [4.69, 9.17) is 0 Å². The van der Waals surface area contributed by atoms with Crippen LogP contribution in [0.2, 0.25) is 0 Å². The molecule has 0 atom stereocenters. The van der Waals surface area contributed by atoms with Gasteiger partial charge in [0, 0.05) is 37.8 Å². The van der Waals surface area contributed by atoms with Crippen molar-refractivity contribution in [3.8, 4) is 0 Å². The number of fused-ring (bicyclic) bond motifs is 1. The number of anilines is 1. The fourth-order valence-electron chi connectivity index (χ4n) is 3.46. The zero-order chi connectivity index (χ0) is 18.1. The average Bonchev–Trinajstić information content (AvgIpc) is 2.68. The van der Waals surface area contributed by atoms with Crippen LogP contribution < -0.4 is 4.90 Å². The van der Waals surface area contributed by atoms with Gasteiger partial charge >= 0.3 is 0 Å². The van der Waals surface area contributed by atoms with Gasteiger partial charge in [-0.25, -0.2) is 4.98 Å². The molecule has 1 saturated heterocycles. The summed E-state index contributed by atoms with van der Waals surface area (Å²) in [4.78, 5) is 26.2. The third kappa shape index (κ3) is 3.12. The molecule has 0 saturated carbocycles. The van der Waals surface area contributed by atoms with Gasteiger partial charge in [-0.2, -0.15) is 0 Å². The number of nitrogens with zero attached hydrogens (tertiary/aromatic N) is 4. The SMILES string of the molecule is Cc1ccc2nc(C)c(C(=O)N3CCN(c4ccccn4)CC3)cc2c1. The Morgan fingerprint density at radius 1 is 1.00 bits per heavy atom. The number of benzene rings is 1. The zero-order valence-electron chi connectivity index (χ0n) is 15.1. The molecular formula is C21H22N4O. The number of pyridine rings is 2. The molecule has 0 unspecified atom stereocenters. The summed E-state index contributed by atoms with van der Waals surface area (Å²) in [7, 11) is 0. The van der Waals surface area contributed by atoms with Gasteiger partial charge in [-0.05, 0) is 44.2 Å². The molecule has 0 radical (unpaired) electrons. The Morgan fingerprint density at radius 2 is 1.81 bits per heavy atom. The number of piperazine rings is 1. The summed E-state index contributed by atoms with van der Waals surface area (Å²) in [6.07, 6.45) is 1.80. The second kappa shape index (κ2) is 6.75. The van der Waals surface area contributed by atoms with Crippen LogP contribution >= 0.6 is 0 Å². The first-order valence-corrected chi connectivity index (χ1v) is 8.95. The molecule has 5 nitrogen and oxygen atoms in total. The second-order valence-corrected chi connectivity index (χ2v) is 6.78. The number of amides is 1. The lowest BCUT2D eigenvalue weighted by Gasteiger charge is -2.35. The Kier molecular flexibility index (Phi) is 4.29. The summed E-state index contributed by atoms with van der Waals surface area (Å²) >= 11 is 0. The van der Waals surface area contributed by atoms with Gasteiger partial charge < -0.3 is 9.80 Å². The van der Waals surface area contributed by atoms with E-state index < -0.39 is 0 Å². The molecule has 3 heterocycles. The predicted octanol–water partition coefficient (Wildman–Crippen LogP) is 3.21. The first-order valence-electron chi connectivity index (χ1n) is 8.95. The first-order chi connectivity index (χ1) is 12.6. The number of carbonyl (C=O) groups excluding carboxylic acids is 1. The molecule has 1 aliphatic heterocycles. The summed E-state index contributed by atoms with van der Waals surface area (Å²) in [5.41, 5.74) is 3.60. The van der Waals surface area contributed by atoms with Crippen LogP contribution in [0.25, 0.3) is 10.9 Å². The van der Waals surface area contributed by atoms with E-state index in [0.29, 0.717) is 18.7 Å². The average molecular weight is 346 g/mol. The van der Waals surface area contributed by atoms with Crippen molar-refractivity contribution in [1.29, 1.82) is 0 Å². The van der Waals surface area contributed by atoms with Gasteiger partial charge in [-0.15, -0.1) is 0 Å². The van der Waals surface area contributed by atoms with E-state index in [0.717, 1.165) is 35.5 Å². The van der Waals surface area contributed by atoms with Gasteiger partial charge in [0.1, 0.15) is 5.82 Å². The van der Waals surface area contributed by atoms with Crippen molar-refractivity contribution in [2.45, 2.75) is 13.8 Å². The van der Waals surface area contributed by atoms with Crippen molar-refractivity contribution >= 4 is 22.6 Å². The van der Waals surface area contributed by atoms with E-state index in [1.807, 2.05) is 48.2 Å². The van der Waals surface area contributed by atoms with E-state index in [1.165, 1.54) is 5.56 Å². The molecule has 0 bridgehead atoms. The van der Waals surface area contributed by atoms with Crippen molar-refractivity contribution in [3.63, 3.8) is 0 Å². The minimum absolute atomic E-state index is 0.0686. The number of aromatic nitrogens is 2. The van der Waals surface area contributed by atoms with Crippen LogP contribution in [0.3, 0.4) is 0 Å². The summed E-state index contributed by atoms with van der Waals surface area (Å²) in [6.45, 7) is 6.94. The highest BCUT2D eigenvalue weighted by Gasteiger charge is 2.24. The number of rotatable bonds is 2. The van der Waals surface area contributed by atoms with Crippen molar-refractivity contribution < 1.29 is 4.79 Å². The Balaban J connectivity index is 1.53. The molecule has 2 aromatic heterocycles. The minimum atomic E-state index is 0.0686. The maximum Gasteiger partial charge on any atom is 0.255 e. The molecule has 1 fully saturated rings. The number of hydrogen-bond acceptors (Lipinski definition) is 4. The first kappa shape index (κ1) is 16.5. The third-order valence-corrected chi connectivity index (χ3v) is 4.93. The molecule has 0 aliphatic carbocycles. The predicted molar refractivity (Wildman–Crippen MR) is 104 cm³/mol. The molecule has 26 heavy (non-hydrogen) atoms.